The van der Waals surface area contributed by atoms with Gasteiger partial charge in [0.15, 0.2) is 0 Å². The highest BCUT2D eigenvalue weighted by Gasteiger charge is 2.11. The molecular formula is C8H15Cl2NO6S3. The van der Waals surface area contributed by atoms with Crippen molar-refractivity contribution in [3.05, 3.63) is 16.1 Å². The second-order valence-electron chi connectivity index (χ2n) is 3.37. The maximum absolute atomic E-state index is 9.86. The largest absolute Gasteiger partial charge is 0.286 e. The molecule has 0 aliphatic heterocycles. The van der Waals surface area contributed by atoms with Gasteiger partial charge in [-0.1, -0.05) is 0 Å². The first-order chi connectivity index (χ1) is 8.55. The van der Waals surface area contributed by atoms with Gasteiger partial charge in [-0.25, -0.2) is 4.98 Å². The zero-order valence-electron chi connectivity index (χ0n) is 10.4. The van der Waals surface area contributed by atoms with E-state index in [1.54, 1.807) is 11.3 Å². The zero-order valence-corrected chi connectivity index (χ0v) is 14.4. The highest BCUT2D eigenvalue weighted by Crippen LogP contribution is 2.12. The van der Waals surface area contributed by atoms with Crippen LogP contribution in [-0.4, -0.2) is 48.3 Å². The fraction of sp³-hybridized carbons (Fsp3) is 0.625. The van der Waals surface area contributed by atoms with E-state index in [9.17, 15) is 16.8 Å². The van der Waals surface area contributed by atoms with Gasteiger partial charge in [-0.05, 0) is 13.3 Å². The van der Waals surface area contributed by atoms with E-state index in [-0.39, 0.29) is 12.4 Å². The molecule has 0 atom stereocenters. The molecule has 12 heteroatoms. The van der Waals surface area contributed by atoms with Crippen molar-refractivity contribution in [2.45, 2.75) is 13.3 Å². The molecule has 2 N–H and O–H groups in total. The van der Waals surface area contributed by atoms with E-state index in [0.717, 1.165) is 12.1 Å². The number of aromatic nitrogens is 1. The van der Waals surface area contributed by atoms with Gasteiger partial charge in [0.2, 0.25) is 0 Å². The third kappa shape index (κ3) is 13.0. The first-order valence-corrected chi connectivity index (χ1v) is 9.53. The predicted molar refractivity (Wildman–Crippen MR) is 81.4 cm³/mol. The summed E-state index contributed by atoms with van der Waals surface area (Å²) in [5, 5.41) is 0. The molecule has 1 heterocycles. The van der Waals surface area contributed by atoms with Crippen LogP contribution in [0.3, 0.4) is 0 Å². The molecule has 0 radical (unpaired) electrons. The first-order valence-electron chi connectivity index (χ1n) is 4.90. The first kappa shape index (κ1) is 22.3. The van der Waals surface area contributed by atoms with Crippen LogP contribution in [0.25, 0.3) is 0 Å². The molecule has 20 heavy (non-hydrogen) atoms. The molecule has 7 nitrogen and oxygen atoms in total. The normalized spacial score (nSPS) is 11.2. The standard InChI is InChI=1S/C6H8ClNS.C2H6O6S2.ClH/c1-5-6(2-3-7)9-4-8-5;3-9(4,5)1-2-10(6,7)8;/h4H,2-3H2,1H3;1-2H2,(H,3,4,5)(H,6,7,8);1H. The SMILES string of the molecule is Cc1ncsc1CCCl.Cl.O=S(=O)(O)CCS(=O)(=O)O. The topological polar surface area (TPSA) is 122 Å². The van der Waals surface area contributed by atoms with E-state index in [2.05, 4.69) is 4.98 Å². The summed E-state index contributed by atoms with van der Waals surface area (Å²) in [6.45, 7) is 2.01. The zero-order chi connectivity index (χ0) is 15.1. The Kier molecular flexibility index (Phi) is 11.0. The van der Waals surface area contributed by atoms with Gasteiger partial charge >= 0.3 is 0 Å². The number of hydrogen-bond donors (Lipinski definition) is 2. The lowest BCUT2D eigenvalue weighted by molar-refractivity contribution is 0.472. The highest BCUT2D eigenvalue weighted by atomic mass is 35.5. The van der Waals surface area contributed by atoms with Gasteiger partial charge in [0.05, 0.1) is 22.7 Å². The van der Waals surface area contributed by atoms with Crippen molar-refractivity contribution in [3.63, 3.8) is 0 Å². The van der Waals surface area contributed by atoms with Gasteiger partial charge in [0.25, 0.3) is 20.2 Å². The molecule has 0 aliphatic rings. The number of halogens is 2. The number of thiazole rings is 1. The summed E-state index contributed by atoms with van der Waals surface area (Å²) in [5.41, 5.74) is 2.98. The van der Waals surface area contributed by atoms with E-state index in [0.29, 0.717) is 5.88 Å². The molecular weight excluding hydrogens is 373 g/mol. The maximum atomic E-state index is 9.86. The van der Waals surface area contributed by atoms with Crippen molar-refractivity contribution in [1.29, 1.82) is 0 Å². The number of alkyl halides is 1. The molecule has 0 unspecified atom stereocenters. The number of rotatable bonds is 5. The highest BCUT2D eigenvalue weighted by molar-refractivity contribution is 7.89. The van der Waals surface area contributed by atoms with Crippen molar-refractivity contribution >= 4 is 55.6 Å². The molecule has 1 aromatic rings. The molecule has 0 saturated carbocycles. The molecule has 0 aliphatic carbocycles. The third-order valence-corrected chi connectivity index (χ3v) is 4.65. The second-order valence-corrected chi connectivity index (χ2v) is 7.83. The van der Waals surface area contributed by atoms with E-state index in [4.69, 9.17) is 20.7 Å². The Morgan fingerprint density at radius 3 is 1.90 bits per heavy atom. The van der Waals surface area contributed by atoms with Crippen molar-refractivity contribution in [2.24, 2.45) is 0 Å². The Hall–Kier alpha value is 0.0300. The van der Waals surface area contributed by atoms with Crippen LogP contribution in [-0.2, 0) is 26.7 Å². The van der Waals surface area contributed by atoms with E-state index >= 15 is 0 Å². The molecule has 0 aromatic carbocycles. The van der Waals surface area contributed by atoms with Crippen LogP contribution in [0.4, 0.5) is 0 Å². The van der Waals surface area contributed by atoms with Crippen molar-refractivity contribution < 1.29 is 25.9 Å². The minimum absolute atomic E-state index is 0. The number of hydrogen-bond acceptors (Lipinski definition) is 6. The van der Waals surface area contributed by atoms with E-state index in [1.807, 2.05) is 12.4 Å². The second kappa shape index (κ2) is 9.87. The van der Waals surface area contributed by atoms with Gasteiger partial charge in [-0.15, -0.1) is 35.3 Å². The summed E-state index contributed by atoms with van der Waals surface area (Å²) in [7, 11) is -8.59. The van der Waals surface area contributed by atoms with Gasteiger partial charge in [-0.2, -0.15) is 16.8 Å². The maximum Gasteiger partial charge on any atom is 0.265 e. The average Bonchev–Trinajstić information content (AvgIpc) is 2.62. The monoisotopic (exact) mass is 387 g/mol. The van der Waals surface area contributed by atoms with Gasteiger partial charge in [0.1, 0.15) is 0 Å². The van der Waals surface area contributed by atoms with E-state index in [1.165, 1.54) is 4.88 Å². The fourth-order valence-electron chi connectivity index (χ4n) is 0.863. The van der Waals surface area contributed by atoms with Crippen LogP contribution in [0, 0.1) is 6.92 Å². The fourth-order valence-corrected chi connectivity index (χ4v) is 3.63. The summed E-state index contributed by atoms with van der Waals surface area (Å²) < 4.78 is 55.4. The van der Waals surface area contributed by atoms with Crippen LogP contribution >= 0.6 is 35.3 Å². The van der Waals surface area contributed by atoms with Crippen LogP contribution in [0.5, 0.6) is 0 Å². The van der Waals surface area contributed by atoms with Crippen LogP contribution < -0.4 is 0 Å². The molecule has 0 fully saturated rings. The van der Waals surface area contributed by atoms with Crippen LogP contribution in [0.15, 0.2) is 5.51 Å². The van der Waals surface area contributed by atoms with Crippen molar-refractivity contribution in [2.75, 3.05) is 17.4 Å². The Balaban J connectivity index is 0. The minimum atomic E-state index is -4.30. The van der Waals surface area contributed by atoms with Crippen LogP contribution in [0.2, 0.25) is 0 Å². The van der Waals surface area contributed by atoms with E-state index < -0.39 is 31.7 Å². The molecule has 0 bridgehead atoms. The Labute approximate surface area is 133 Å². The smallest absolute Gasteiger partial charge is 0.265 e. The molecule has 0 amide bonds. The van der Waals surface area contributed by atoms with Crippen LogP contribution in [0.1, 0.15) is 10.6 Å². The number of aryl methyl sites for hydroxylation is 2. The van der Waals surface area contributed by atoms with Crippen molar-refractivity contribution in [1.82, 2.24) is 4.98 Å². The molecule has 1 aromatic heterocycles. The molecule has 0 spiro atoms. The third-order valence-electron chi connectivity index (χ3n) is 1.77. The summed E-state index contributed by atoms with van der Waals surface area (Å²) >= 11 is 7.22. The Morgan fingerprint density at radius 2 is 1.65 bits per heavy atom. The molecule has 0 saturated heterocycles. The summed E-state index contributed by atoms with van der Waals surface area (Å²) in [6.07, 6.45) is 0.956. The molecule has 1 rings (SSSR count). The predicted octanol–water partition coefficient (Wildman–Crippen LogP) is 1.42. The summed E-state index contributed by atoms with van der Waals surface area (Å²) in [4.78, 5) is 5.41. The lowest BCUT2D eigenvalue weighted by Gasteiger charge is -1.92. The quantitative estimate of drug-likeness (QED) is 0.578. The Bertz CT molecular complexity index is 551. The number of nitrogens with zero attached hydrogens (tertiary/aromatic N) is 1. The summed E-state index contributed by atoms with van der Waals surface area (Å²) in [5.74, 6) is -1.26. The van der Waals surface area contributed by atoms with Gasteiger partial charge in [0, 0.05) is 10.8 Å². The molecule has 120 valence electrons. The average molecular weight is 388 g/mol. The lowest BCUT2D eigenvalue weighted by atomic mass is 10.3. The van der Waals surface area contributed by atoms with Gasteiger partial charge < -0.3 is 0 Å². The Morgan fingerprint density at radius 1 is 1.20 bits per heavy atom. The lowest BCUT2D eigenvalue weighted by Crippen LogP contribution is -2.15. The van der Waals surface area contributed by atoms with Gasteiger partial charge in [-0.3, -0.25) is 9.11 Å². The van der Waals surface area contributed by atoms with Crippen molar-refractivity contribution in [3.8, 4) is 0 Å². The minimum Gasteiger partial charge on any atom is -0.286 e. The summed E-state index contributed by atoms with van der Waals surface area (Å²) in [6, 6.07) is 0.